The van der Waals surface area contributed by atoms with Gasteiger partial charge in [-0.25, -0.2) is 9.97 Å². The van der Waals surface area contributed by atoms with Crippen molar-refractivity contribution in [2.75, 3.05) is 17.3 Å². The molecule has 1 aromatic heterocycles. The molecule has 1 rings (SSSR count). The van der Waals surface area contributed by atoms with Crippen LogP contribution in [-0.2, 0) is 4.79 Å². The first kappa shape index (κ1) is 11.3. The minimum Gasteiger partial charge on any atom is -0.294 e. The van der Waals surface area contributed by atoms with Crippen molar-refractivity contribution in [2.24, 2.45) is 0 Å². The Labute approximate surface area is 91.5 Å². The molecular weight excluding hydrogens is 222 g/mol. The number of hydrogen-bond donors (Lipinski definition) is 1. The molecule has 0 unspecified atom stereocenters. The number of aromatic nitrogens is 2. The number of carbonyl (C=O) groups excluding carboxylic acids is 1. The average molecular weight is 232 g/mol. The minimum absolute atomic E-state index is 0.126. The fraction of sp³-hybridized carbons (Fsp3) is 0.375. The molecule has 0 saturated carbocycles. The molecule has 0 aliphatic rings. The molecule has 76 valence electrons. The summed E-state index contributed by atoms with van der Waals surface area (Å²) in [5, 5.41) is 2.89. The lowest BCUT2D eigenvalue weighted by molar-refractivity contribution is -0.113. The zero-order chi connectivity index (χ0) is 10.6. The number of halogens is 1. The van der Waals surface area contributed by atoms with Crippen LogP contribution in [0.25, 0.3) is 0 Å². The van der Waals surface area contributed by atoms with Gasteiger partial charge in [0.1, 0.15) is 5.15 Å². The molecule has 1 heterocycles. The molecule has 0 bridgehead atoms. The number of hydrogen-bond acceptors (Lipinski definition) is 4. The molecular formula is C8H10ClN3OS. The second-order valence-corrected chi connectivity index (χ2v) is 3.89. The molecule has 4 nitrogen and oxygen atoms in total. The molecule has 0 aliphatic carbocycles. The van der Waals surface area contributed by atoms with Gasteiger partial charge in [0.15, 0.2) is 0 Å². The third-order valence-corrected chi connectivity index (χ3v) is 2.09. The van der Waals surface area contributed by atoms with E-state index >= 15 is 0 Å². The summed E-state index contributed by atoms with van der Waals surface area (Å²) in [6.45, 7) is 1.79. The van der Waals surface area contributed by atoms with E-state index in [1.165, 1.54) is 11.8 Å². The van der Waals surface area contributed by atoms with Gasteiger partial charge in [0.25, 0.3) is 0 Å². The van der Waals surface area contributed by atoms with E-state index in [1.807, 2.05) is 6.26 Å². The summed E-state index contributed by atoms with van der Waals surface area (Å²) in [5.41, 5.74) is 0.726. The molecule has 1 aromatic rings. The highest BCUT2D eigenvalue weighted by atomic mass is 35.5. The van der Waals surface area contributed by atoms with Crippen molar-refractivity contribution in [3.8, 4) is 0 Å². The number of thioether (sulfide) groups is 1. The van der Waals surface area contributed by atoms with Crippen molar-refractivity contribution >= 4 is 35.2 Å². The second-order valence-electron chi connectivity index (χ2n) is 2.64. The van der Waals surface area contributed by atoms with Crippen molar-refractivity contribution in [3.05, 3.63) is 16.9 Å². The average Bonchev–Trinajstić information content (AvgIpc) is 2.01. The van der Waals surface area contributed by atoms with E-state index < -0.39 is 0 Å². The number of carbonyl (C=O) groups is 1. The van der Waals surface area contributed by atoms with Crippen molar-refractivity contribution < 1.29 is 4.79 Å². The summed E-state index contributed by atoms with van der Waals surface area (Å²) < 4.78 is 0. The largest absolute Gasteiger partial charge is 0.294 e. The van der Waals surface area contributed by atoms with Gasteiger partial charge in [-0.15, -0.1) is 0 Å². The van der Waals surface area contributed by atoms with Crippen LogP contribution in [-0.4, -0.2) is 27.9 Å². The summed E-state index contributed by atoms with van der Waals surface area (Å²) in [5.74, 6) is 0.516. The van der Waals surface area contributed by atoms with Crippen LogP contribution in [0.15, 0.2) is 6.07 Å². The van der Waals surface area contributed by atoms with E-state index in [1.54, 1.807) is 13.0 Å². The number of anilines is 1. The van der Waals surface area contributed by atoms with Crippen LogP contribution in [0.5, 0.6) is 0 Å². The normalized spacial score (nSPS) is 9.93. The second kappa shape index (κ2) is 5.17. The maximum Gasteiger partial charge on any atom is 0.236 e. The Balaban J connectivity index is 2.71. The van der Waals surface area contributed by atoms with E-state index in [2.05, 4.69) is 15.3 Å². The number of nitrogens with one attached hydrogen (secondary N) is 1. The minimum atomic E-state index is -0.126. The van der Waals surface area contributed by atoms with Gasteiger partial charge in [-0.3, -0.25) is 10.1 Å². The lowest BCUT2D eigenvalue weighted by Crippen LogP contribution is -2.16. The maximum absolute atomic E-state index is 11.2. The Morgan fingerprint density at radius 1 is 1.64 bits per heavy atom. The molecule has 0 spiro atoms. The van der Waals surface area contributed by atoms with Crippen molar-refractivity contribution in [1.29, 1.82) is 0 Å². The van der Waals surface area contributed by atoms with Crippen molar-refractivity contribution in [1.82, 2.24) is 9.97 Å². The van der Waals surface area contributed by atoms with E-state index in [0.717, 1.165) is 5.69 Å². The highest BCUT2D eigenvalue weighted by Gasteiger charge is 2.04. The molecule has 0 atom stereocenters. The fourth-order valence-corrected chi connectivity index (χ4v) is 1.45. The predicted molar refractivity (Wildman–Crippen MR) is 58.8 cm³/mol. The lowest BCUT2D eigenvalue weighted by Gasteiger charge is -2.03. The van der Waals surface area contributed by atoms with E-state index in [0.29, 0.717) is 10.9 Å². The Bertz CT molecular complexity index is 325. The molecule has 0 aliphatic heterocycles. The van der Waals surface area contributed by atoms with Gasteiger partial charge in [-0.1, -0.05) is 11.6 Å². The molecule has 0 radical (unpaired) electrons. The summed E-state index contributed by atoms with van der Waals surface area (Å²) >= 11 is 7.14. The molecule has 0 saturated heterocycles. The van der Waals surface area contributed by atoms with Crippen molar-refractivity contribution in [3.63, 3.8) is 0 Å². The van der Waals surface area contributed by atoms with Gasteiger partial charge < -0.3 is 0 Å². The fourth-order valence-electron chi connectivity index (χ4n) is 0.878. The van der Waals surface area contributed by atoms with Crippen LogP contribution >= 0.6 is 23.4 Å². The smallest absolute Gasteiger partial charge is 0.236 e. The first-order valence-electron chi connectivity index (χ1n) is 3.92. The van der Waals surface area contributed by atoms with Gasteiger partial charge in [0.05, 0.1) is 5.75 Å². The van der Waals surface area contributed by atoms with E-state index in [4.69, 9.17) is 11.6 Å². The van der Waals surface area contributed by atoms with Crippen LogP contribution in [0.3, 0.4) is 0 Å². The van der Waals surface area contributed by atoms with Crippen molar-refractivity contribution in [2.45, 2.75) is 6.92 Å². The van der Waals surface area contributed by atoms with Gasteiger partial charge >= 0.3 is 0 Å². The predicted octanol–water partition coefficient (Wildman–Crippen LogP) is 1.74. The van der Waals surface area contributed by atoms with E-state index in [9.17, 15) is 4.79 Å². The molecule has 14 heavy (non-hydrogen) atoms. The molecule has 1 amide bonds. The molecule has 0 aromatic carbocycles. The third kappa shape index (κ3) is 3.51. The van der Waals surface area contributed by atoms with E-state index in [-0.39, 0.29) is 11.9 Å². The standard InChI is InChI=1S/C8H10ClN3OS/c1-5-3-6(9)11-8(10-5)12-7(13)4-14-2/h3H,4H2,1-2H3,(H,10,11,12,13). The summed E-state index contributed by atoms with van der Waals surface area (Å²) in [6.07, 6.45) is 1.85. The Kier molecular flexibility index (Phi) is 4.16. The number of amides is 1. The first-order chi connectivity index (χ1) is 6.61. The van der Waals surface area contributed by atoms with Gasteiger partial charge in [-0.05, 0) is 19.2 Å². The van der Waals surface area contributed by atoms with Crippen LogP contribution in [0.4, 0.5) is 5.95 Å². The highest BCUT2D eigenvalue weighted by molar-refractivity contribution is 7.99. The van der Waals surface area contributed by atoms with Gasteiger partial charge in [0, 0.05) is 5.69 Å². The van der Waals surface area contributed by atoms with Crippen LogP contribution in [0.2, 0.25) is 5.15 Å². The van der Waals surface area contributed by atoms with Gasteiger partial charge in [0.2, 0.25) is 11.9 Å². The Morgan fingerprint density at radius 2 is 2.36 bits per heavy atom. The molecule has 6 heteroatoms. The Morgan fingerprint density at radius 3 is 2.93 bits per heavy atom. The maximum atomic E-state index is 11.2. The zero-order valence-corrected chi connectivity index (χ0v) is 9.45. The van der Waals surface area contributed by atoms with Crippen LogP contribution in [0, 0.1) is 6.92 Å². The highest BCUT2D eigenvalue weighted by Crippen LogP contribution is 2.09. The molecule has 1 N–H and O–H groups in total. The summed E-state index contributed by atoms with van der Waals surface area (Å²) in [6, 6.07) is 1.63. The molecule has 0 fully saturated rings. The SMILES string of the molecule is CSCC(=O)Nc1nc(C)cc(Cl)n1. The lowest BCUT2D eigenvalue weighted by atomic mass is 10.5. The van der Waals surface area contributed by atoms with Crippen LogP contribution < -0.4 is 5.32 Å². The monoisotopic (exact) mass is 231 g/mol. The summed E-state index contributed by atoms with van der Waals surface area (Å²) in [4.78, 5) is 19.1. The van der Waals surface area contributed by atoms with Gasteiger partial charge in [-0.2, -0.15) is 11.8 Å². The number of rotatable bonds is 3. The number of nitrogens with zero attached hydrogens (tertiary/aromatic N) is 2. The topological polar surface area (TPSA) is 54.9 Å². The quantitative estimate of drug-likeness (QED) is 0.806. The number of aryl methyl sites for hydroxylation is 1. The first-order valence-corrected chi connectivity index (χ1v) is 5.69. The Hall–Kier alpha value is -0.810. The summed E-state index contributed by atoms with van der Waals surface area (Å²) in [7, 11) is 0. The third-order valence-electron chi connectivity index (χ3n) is 1.35. The zero-order valence-electron chi connectivity index (χ0n) is 7.87. The van der Waals surface area contributed by atoms with Crippen LogP contribution in [0.1, 0.15) is 5.69 Å².